The third-order valence-electron chi connectivity index (χ3n) is 5.71. The van der Waals surface area contributed by atoms with Gasteiger partial charge in [-0.1, -0.05) is 18.2 Å². The van der Waals surface area contributed by atoms with Crippen LogP contribution in [0.15, 0.2) is 42.6 Å². The zero-order valence-corrected chi connectivity index (χ0v) is 17.0. The summed E-state index contributed by atoms with van der Waals surface area (Å²) in [6, 6.07) is 11.5. The number of rotatable bonds is 7. The lowest BCUT2D eigenvalue weighted by atomic mass is 10.0. The number of likely N-dealkylation sites (tertiary alicyclic amines) is 1. The average Bonchev–Trinajstić information content (AvgIpc) is 3.47. The van der Waals surface area contributed by atoms with Gasteiger partial charge in [-0.05, 0) is 31.4 Å². The minimum Gasteiger partial charge on any atom is -0.493 e. The van der Waals surface area contributed by atoms with Gasteiger partial charge in [-0.3, -0.25) is 9.59 Å². The van der Waals surface area contributed by atoms with Crippen LogP contribution in [0, 0.1) is 5.92 Å². The Bertz CT molecular complexity index is 840. The second-order valence-electron chi connectivity index (χ2n) is 7.73. The number of benzene rings is 1. The second-order valence-corrected chi connectivity index (χ2v) is 7.73. The summed E-state index contributed by atoms with van der Waals surface area (Å²) in [6.45, 7) is 2.86. The zero-order valence-electron chi connectivity index (χ0n) is 17.0. The molecule has 8 heteroatoms. The first-order valence-corrected chi connectivity index (χ1v) is 10.6. The van der Waals surface area contributed by atoms with Crippen LogP contribution in [0.3, 0.4) is 0 Å². The van der Waals surface area contributed by atoms with Crippen LogP contribution in [0.5, 0.6) is 5.75 Å². The molecule has 0 spiro atoms. The maximum absolute atomic E-state index is 12.5. The summed E-state index contributed by atoms with van der Waals surface area (Å²) in [4.78, 5) is 26.8. The Hall–Kier alpha value is -2.87. The molecule has 1 aromatic heterocycles. The molecule has 0 radical (unpaired) electrons. The number of amides is 2. The number of carbonyl (C=O) groups is 2. The molecule has 160 valence electrons. The fourth-order valence-electron chi connectivity index (χ4n) is 3.96. The molecule has 0 bridgehead atoms. The number of anilines is 1. The van der Waals surface area contributed by atoms with Crippen molar-refractivity contribution in [3.05, 3.63) is 42.6 Å². The number of hydrogen-bond donors (Lipinski definition) is 1. The summed E-state index contributed by atoms with van der Waals surface area (Å²) >= 11 is 0. The molecule has 2 aromatic rings. The van der Waals surface area contributed by atoms with Gasteiger partial charge in [0, 0.05) is 25.8 Å². The van der Waals surface area contributed by atoms with E-state index in [2.05, 4.69) is 10.4 Å². The molecule has 3 heterocycles. The Morgan fingerprint density at radius 2 is 1.93 bits per heavy atom. The lowest BCUT2D eigenvalue weighted by Gasteiger charge is -2.33. The molecule has 2 aliphatic heterocycles. The molecule has 1 N–H and O–H groups in total. The van der Waals surface area contributed by atoms with E-state index in [0.29, 0.717) is 45.1 Å². The van der Waals surface area contributed by atoms with E-state index in [4.69, 9.17) is 9.47 Å². The van der Waals surface area contributed by atoms with Crippen molar-refractivity contribution in [2.75, 3.05) is 38.2 Å². The minimum atomic E-state index is -0.0917. The Balaban J connectivity index is 1.24. The normalized spacial score (nSPS) is 19.6. The molecule has 0 saturated carbocycles. The zero-order chi connectivity index (χ0) is 20.8. The number of piperidine rings is 1. The van der Waals surface area contributed by atoms with E-state index in [1.165, 1.54) is 0 Å². The highest BCUT2D eigenvalue weighted by Crippen LogP contribution is 2.26. The van der Waals surface area contributed by atoms with E-state index < -0.39 is 0 Å². The molecular weight excluding hydrogens is 384 g/mol. The van der Waals surface area contributed by atoms with Gasteiger partial charge in [0.25, 0.3) is 0 Å². The largest absolute Gasteiger partial charge is 0.493 e. The quantitative estimate of drug-likeness (QED) is 0.755. The molecule has 2 amide bonds. The summed E-state index contributed by atoms with van der Waals surface area (Å²) in [5, 5.41) is 7.41. The number of para-hydroxylation sites is 1. The van der Waals surface area contributed by atoms with Crippen molar-refractivity contribution >= 4 is 17.6 Å². The molecule has 30 heavy (non-hydrogen) atoms. The van der Waals surface area contributed by atoms with Crippen LogP contribution in [0.2, 0.25) is 0 Å². The molecule has 2 saturated heterocycles. The van der Waals surface area contributed by atoms with Crippen LogP contribution >= 0.6 is 0 Å². The predicted molar refractivity (Wildman–Crippen MR) is 111 cm³/mol. The van der Waals surface area contributed by atoms with Crippen molar-refractivity contribution in [1.82, 2.24) is 14.7 Å². The van der Waals surface area contributed by atoms with Gasteiger partial charge in [-0.15, -0.1) is 0 Å². The Morgan fingerprint density at radius 1 is 1.13 bits per heavy atom. The maximum Gasteiger partial charge on any atom is 0.231 e. The first-order chi connectivity index (χ1) is 14.7. The summed E-state index contributed by atoms with van der Waals surface area (Å²) < 4.78 is 12.8. The Morgan fingerprint density at radius 3 is 2.67 bits per heavy atom. The van der Waals surface area contributed by atoms with Crippen molar-refractivity contribution in [2.24, 2.45) is 5.92 Å². The van der Waals surface area contributed by atoms with Crippen molar-refractivity contribution < 1.29 is 19.1 Å². The molecule has 1 aromatic carbocycles. The number of nitrogens with zero attached hydrogens (tertiary/aromatic N) is 3. The number of hydrogen-bond acceptors (Lipinski definition) is 5. The predicted octanol–water partition coefficient (Wildman–Crippen LogP) is 2.49. The smallest absolute Gasteiger partial charge is 0.231 e. The van der Waals surface area contributed by atoms with Crippen LogP contribution in [-0.2, 0) is 14.3 Å². The molecule has 0 aliphatic carbocycles. The standard InChI is InChI=1S/C22H28N4O4/c27-21(10-15-30-19-4-2-1-3-5-19)25-12-7-18(8-13-25)26-20(6-11-23-26)24-22(28)17-9-14-29-16-17/h1-6,11,17-18H,7-10,12-16H2,(H,24,28). The van der Waals surface area contributed by atoms with Gasteiger partial charge in [0.15, 0.2) is 0 Å². The number of ether oxygens (including phenoxy) is 2. The first-order valence-electron chi connectivity index (χ1n) is 10.6. The third-order valence-corrected chi connectivity index (χ3v) is 5.71. The summed E-state index contributed by atoms with van der Waals surface area (Å²) in [5.74, 6) is 1.50. The van der Waals surface area contributed by atoms with Crippen LogP contribution in [0.25, 0.3) is 0 Å². The highest BCUT2D eigenvalue weighted by Gasteiger charge is 2.28. The topological polar surface area (TPSA) is 85.7 Å². The summed E-state index contributed by atoms with van der Waals surface area (Å²) in [5.41, 5.74) is 0. The SMILES string of the molecule is O=C(Nc1ccnn1C1CCN(C(=O)CCOc2ccccc2)CC1)C1CCOC1. The van der Waals surface area contributed by atoms with Gasteiger partial charge in [-0.25, -0.2) is 4.68 Å². The monoisotopic (exact) mass is 412 g/mol. The molecule has 2 aliphatic rings. The van der Waals surface area contributed by atoms with Crippen LogP contribution in [0.4, 0.5) is 5.82 Å². The molecule has 1 atom stereocenters. The van der Waals surface area contributed by atoms with Gasteiger partial charge in [0.05, 0.1) is 37.8 Å². The van der Waals surface area contributed by atoms with E-state index in [1.54, 1.807) is 6.20 Å². The second kappa shape index (κ2) is 9.75. The van der Waals surface area contributed by atoms with Crippen LogP contribution < -0.4 is 10.1 Å². The molecule has 8 nitrogen and oxygen atoms in total. The van der Waals surface area contributed by atoms with Gasteiger partial charge in [-0.2, -0.15) is 5.10 Å². The molecule has 4 rings (SSSR count). The summed E-state index contributed by atoms with van der Waals surface area (Å²) in [6.07, 6.45) is 4.45. The fourth-order valence-corrected chi connectivity index (χ4v) is 3.96. The number of carbonyl (C=O) groups excluding carboxylic acids is 2. The van der Waals surface area contributed by atoms with Gasteiger partial charge in [0.2, 0.25) is 11.8 Å². The van der Waals surface area contributed by atoms with Crippen molar-refractivity contribution in [3.63, 3.8) is 0 Å². The lowest BCUT2D eigenvalue weighted by molar-refractivity contribution is -0.133. The van der Waals surface area contributed by atoms with Crippen molar-refractivity contribution in [3.8, 4) is 5.75 Å². The van der Waals surface area contributed by atoms with E-state index in [0.717, 1.165) is 25.0 Å². The van der Waals surface area contributed by atoms with E-state index in [-0.39, 0.29) is 23.8 Å². The molecule has 2 fully saturated rings. The third kappa shape index (κ3) is 4.99. The average molecular weight is 412 g/mol. The number of aromatic nitrogens is 2. The number of nitrogens with one attached hydrogen (secondary N) is 1. The highest BCUT2D eigenvalue weighted by atomic mass is 16.5. The van der Waals surface area contributed by atoms with Crippen molar-refractivity contribution in [1.29, 1.82) is 0 Å². The Labute approximate surface area is 176 Å². The summed E-state index contributed by atoms with van der Waals surface area (Å²) in [7, 11) is 0. The van der Waals surface area contributed by atoms with Crippen LogP contribution in [-0.4, -0.2) is 59.4 Å². The van der Waals surface area contributed by atoms with Crippen molar-refractivity contribution in [2.45, 2.75) is 31.7 Å². The first kappa shape index (κ1) is 20.4. The minimum absolute atomic E-state index is 0.0136. The highest BCUT2D eigenvalue weighted by molar-refractivity contribution is 5.92. The Kier molecular flexibility index (Phi) is 6.63. The lowest BCUT2D eigenvalue weighted by Crippen LogP contribution is -2.40. The molecular formula is C22H28N4O4. The molecule has 1 unspecified atom stereocenters. The maximum atomic E-state index is 12.5. The fraction of sp³-hybridized carbons (Fsp3) is 0.500. The van der Waals surface area contributed by atoms with Gasteiger partial charge in [0.1, 0.15) is 11.6 Å². The van der Waals surface area contributed by atoms with Gasteiger partial charge >= 0.3 is 0 Å². The van der Waals surface area contributed by atoms with Gasteiger partial charge < -0.3 is 19.7 Å². The van der Waals surface area contributed by atoms with E-state index in [9.17, 15) is 9.59 Å². The van der Waals surface area contributed by atoms with E-state index in [1.807, 2.05) is 46.0 Å². The van der Waals surface area contributed by atoms with E-state index >= 15 is 0 Å². The van der Waals surface area contributed by atoms with Crippen LogP contribution in [0.1, 0.15) is 31.7 Å².